The number of fused-ring (bicyclic) bond motifs is 1. The van der Waals surface area contributed by atoms with Crippen molar-refractivity contribution in [2.75, 3.05) is 63.1 Å². The molecule has 0 radical (unpaired) electrons. The van der Waals surface area contributed by atoms with Crippen molar-refractivity contribution in [2.24, 2.45) is 0 Å². The smallest absolute Gasteiger partial charge is 0.355 e. The van der Waals surface area contributed by atoms with Gasteiger partial charge in [-0.25, -0.2) is 19.3 Å². The fourth-order valence-corrected chi connectivity index (χ4v) is 5.59. The van der Waals surface area contributed by atoms with Gasteiger partial charge in [-0.15, -0.1) is 5.10 Å². The number of anilines is 2. The molecule has 0 spiro atoms. The SMILES string of the molecule is C/C=C\C(=O)NCC(=O)N1CCN(Cc2cc3c(N4CCCCC4)nc(-c4cnc(NC(=O)NC)cc4C(F)(F)F)nn3c2)CC1. The molecule has 0 bridgehead atoms. The Labute approximate surface area is 263 Å². The molecule has 3 aromatic heterocycles. The van der Waals surface area contributed by atoms with Gasteiger partial charge in [0.05, 0.1) is 17.7 Å². The first-order chi connectivity index (χ1) is 22.0. The van der Waals surface area contributed by atoms with E-state index in [4.69, 9.17) is 0 Å². The number of amides is 4. The Morgan fingerprint density at radius 3 is 2.43 bits per heavy atom. The summed E-state index contributed by atoms with van der Waals surface area (Å²) >= 11 is 0. The number of allylic oxidation sites excluding steroid dienone is 1. The monoisotopic (exact) mass is 642 g/mol. The summed E-state index contributed by atoms with van der Waals surface area (Å²) in [4.78, 5) is 50.6. The zero-order chi connectivity index (χ0) is 32.8. The Morgan fingerprint density at radius 1 is 1.02 bits per heavy atom. The second-order valence-electron chi connectivity index (χ2n) is 11.2. The Balaban J connectivity index is 1.39. The lowest BCUT2D eigenvalue weighted by molar-refractivity contribution is -0.137. The van der Waals surface area contributed by atoms with Crippen LogP contribution in [0, 0.1) is 0 Å². The predicted molar refractivity (Wildman–Crippen MR) is 165 cm³/mol. The second-order valence-corrected chi connectivity index (χ2v) is 11.2. The molecule has 246 valence electrons. The number of urea groups is 1. The molecule has 2 aliphatic rings. The van der Waals surface area contributed by atoms with Crippen LogP contribution in [0.4, 0.5) is 29.6 Å². The number of carbonyl (C=O) groups excluding carboxylic acids is 3. The Morgan fingerprint density at radius 2 is 1.76 bits per heavy atom. The number of hydrogen-bond donors (Lipinski definition) is 3. The van der Waals surface area contributed by atoms with Gasteiger partial charge in [-0.1, -0.05) is 6.08 Å². The molecule has 4 amide bonds. The molecule has 16 heteroatoms. The van der Waals surface area contributed by atoms with Crippen LogP contribution in [0.1, 0.15) is 37.3 Å². The van der Waals surface area contributed by atoms with Crippen LogP contribution in [0.5, 0.6) is 0 Å². The van der Waals surface area contributed by atoms with Crippen LogP contribution in [0.2, 0.25) is 0 Å². The first kappa shape index (κ1) is 32.7. The number of piperazine rings is 1. The molecular formula is C30H37F3N10O3. The molecule has 0 aliphatic carbocycles. The molecule has 2 aliphatic heterocycles. The molecule has 13 nitrogen and oxygen atoms in total. The van der Waals surface area contributed by atoms with E-state index in [1.54, 1.807) is 28.6 Å². The topological polar surface area (TPSA) is 140 Å². The summed E-state index contributed by atoms with van der Waals surface area (Å²) in [7, 11) is 1.35. The number of hydrogen-bond acceptors (Lipinski definition) is 8. The van der Waals surface area contributed by atoms with E-state index in [1.807, 2.05) is 6.07 Å². The molecule has 0 atom stereocenters. The number of carbonyl (C=O) groups is 3. The van der Waals surface area contributed by atoms with E-state index in [-0.39, 0.29) is 35.6 Å². The lowest BCUT2D eigenvalue weighted by Gasteiger charge is -2.34. The Hall–Kier alpha value is -4.73. The van der Waals surface area contributed by atoms with E-state index in [1.165, 1.54) is 13.1 Å². The minimum absolute atomic E-state index is 0.0623. The van der Waals surface area contributed by atoms with Gasteiger partial charge < -0.3 is 20.4 Å². The van der Waals surface area contributed by atoms with Crippen molar-refractivity contribution < 1.29 is 27.6 Å². The van der Waals surface area contributed by atoms with E-state index < -0.39 is 17.8 Å². The average molecular weight is 643 g/mol. The highest BCUT2D eigenvalue weighted by atomic mass is 19.4. The zero-order valence-corrected chi connectivity index (χ0v) is 25.7. The lowest BCUT2D eigenvalue weighted by Crippen LogP contribution is -2.50. The summed E-state index contributed by atoms with van der Waals surface area (Å²) in [6, 6.07) is 2.04. The van der Waals surface area contributed by atoms with Gasteiger partial charge in [0.25, 0.3) is 0 Å². The molecule has 0 unspecified atom stereocenters. The fraction of sp³-hybridized carbons (Fsp3) is 0.467. The zero-order valence-electron chi connectivity index (χ0n) is 25.7. The highest BCUT2D eigenvalue weighted by Gasteiger charge is 2.36. The molecule has 0 aromatic carbocycles. The van der Waals surface area contributed by atoms with Gasteiger partial charge in [0, 0.05) is 65.3 Å². The summed E-state index contributed by atoms with van der Waals surface area (Å²) in [5.41, 5.74) is 0.278. The minimum atomic E-state index is -4.76. The number of rotatable bonds is 8. The van der Waals surface area contributed by atoms with Crippen LogP contribution in [0.15, 0.2) is 36.7 Å². The second kappa shape index (κ2) is 14.1. The quantitative estimate of drug-likeness (QED) is 0.319. The first-order valence-electron chi connectivity index (χ1n) is 15.2. The summed E-state index contributed by atoms with van der Waals surface area (Å²) < 4.78 is 44.4. The van der Waals surface area contributed by atoms with Crippen molar-refractivity contribution >= 4 is 35.0 Å². The molecule has 5 rings (SSSR count). The molecule has 5 heterocycles. The molecule has 3 aromatic rings. The van der Waals surface area contributed by atoms with Crippen molar-refractivity contribution in [3.8, 4) is 11.4 Å². The maximum Gasteiger partial charge on any atom is 0.417 e. The van der Waals surface area contributed by atoms with Gasteiger partial charge in [-0.05, 0) is 50.0 Å². The number of halogens is 3. The Kier molecular flexibility index (Phi) is 10.0. The first-order valence-corrected chi connectivity index (χ1v) is 15.2. The minimum Gasteiger partial charge on any atom is -0.355 e. The molecule has 0 saturated carbocycles. The van der Waals surface area contributed by atoms with Crippen LogP contribution in [-0.4, -0.2) is 100 Å². The number of aromatic nitrogens is 4. The molecule has 3 N–H and O–H groups in total. The van der Waals surface area contributed by atoms with Crippen LogP contribution in [0.25, 0.3) is 16.9 Å². The van der Waals surface area contributed by atoms with Crippen molar-refractivity contribution in [2.45, 2.75) is 38.9 Å². The van der Waals surface area contributed by atoms with E-state index in [0.717, 1.165) is 50.2 Å². The summed E-state index contributed by atoms with van der Waals surface area (Å²) in [6.45, 7) is 5.90. The van der Waals surface area contributed by atoms with Crippen LogP contribution >= 0.6 is 0 Å². The lowest BCUT2D eigenvalue weighted by atomic mass is 10.1. The molecule has 46 heavy (non-hydrogen) atoms. The fourth-order valence-electron chi connectivity index (χ4n) is 5.59. The van der Waals surface area contributed by atoms with E-state index >= 15 is 0 Å². The predicted octanol–water partition coefficient (Wildman–Crippen LogP) is 2.89. The summed E-state index contributed by atoms with van der Waals surface area (Å²) in [5, 5.41) is 11.7. The third-order valence-electron chi connectivity index (χ3n) is 7.94. The number of piperidine rings is 1. The highest BCUT2D eigenvalue weighted by molar-refractivity contribution is 5.91. The maximum absolute atomic E-state index is 14.3. The van der Waals surface area contributed by atoms with Gasteiger partial charge >= 0.3 is 12.2 Å². The number of nitrogens with one attached hydrogen (secondary N) is 3. The van der Waals surface area contributed by atoms with Crippen molar-refractivity contribution in [3.05, 3.63) is 47.8 Å². The number of pyridine rings is 1. The maximum atomic E-state index is 14.3. The average Bonchev–Trinajstić information content (AvgIpc) is 3.46. The molecular weight excluding hydrogens is 605 g/mol. The standard InChI is InChI=1S/C30H37F3N10O3/c1-3-7-25(44)36-17-26(45)41-12-10-40(11-13-41)18-20-14-23-28(42-8-5-4-6-9-42)38-27(39-43(23)19-20)21-16-35-24(37-29(46)34-2)15-22(21)30(31,32)33/h3,7,14-16,19H,4-6,8-13,17-18H2,1-2H3,(H,36,44)(H2,34,35,37,46)/b7-3-. The number of alkyl halides is 3. The van der Waals surface area contributed by atoms with Crippen LogP contribution in [0.3, 0.4) is 0 Å². The highest BCUT2D eigenvalue weighted by Crippen LogP contribution is 2.38. The van der Waals surface area contributed by atoms with Gasteiger partial charge in [0.1, 0.15) is 11.3 Å². The van der Waals surface area contributed by atoms with Gasteiger partial charge in [-0.3, -0.25) is 19.8 Å². The molecule has 2 fully saturated rings. The number of nitrogens with zero attached hydrogens (tertiary/aromatic N) is 7. The van der Waals surface area contributed by atoms with Crippen molar-refractivity contribution in [3.63, 3.8) is 0 Å². The summed E-state index contributed by atoms with van der Waals surface area (Å²) in [6.07, 6.45) is 3.99. The van der Waals surface area contributed by atoms with Crippen LogP contribution in [-0.2, 0) is 22.3 Å². The van der Waals surface area contributed by atoms with Gasteiger partial charge in [0.15, 0.2) is 11.6 Å². The van der Waals surface area contributed by atoms with Gasteiger partial charge in [0.2, 0.25) is 11.8 Å². The van der Waals surface area contributed by atoms with Crippen LogP contribution < -0.4 is 20.9 Å². The van der Waals surface area contributed by atoms with E-state index in [2.05, 4.69) is 40.8 Å². The third-order valence-corrected chi connectivity index (χ3v) is 7.94. The van der Waals surface area contributed by atoms with Crippen molar-refractivity contribution in [1.29, 1.82) is 0 Å². The third kappa shape index (κ3) is 7.73. The van der Waals surface area contributed by atoms with E-state index in [0.29, 0.717) is 44.1 Å². The molecule has 2 saturated heterocycles. The largest absolute Gasteiger partial charge is 0.417 e. The Bertz CT molecular complexity index is 1610. The van der Waals surface area contributed by atoms with E-state index in [9.17, 15) is 27.6 Å². The van der Waals surface area contributed by atoms with Crippen molar-refractivity contribution in [1.82, 2.24) is 40.0 Å². The van der Waals surface area contributed by atoms with Gasteiger partial charge in [-0.2, -0.15) is 13.2 Å². The summed E-state index contributed by atoms with van der Waals surface area (Å²) in [5.74, 6) is -0.295. The normalized spacial score (nSPS) is 16.2.